The van der Waals surface area contributed by atoms with Crippen LogP contribution in [0.5, 0.6) is 0 Å². The van der Waals surface area contributed by atoms with E-state index in [4.69, 9.17) is 16.4 Å². The summed E-state index contributed by atoms with van der Waals surface area (Å²) < 4.78 is 2.34. The average Bonchev–Trinajstić information content (AvgIpc) is 3.11. The second kappa shape index (κ2) is 10.2. The highest BCUT2D eigenvalue weighted by Crippen LogP contribution is 2.30. The Balaban J connectivity index is 1.55. The summed E-state index contributed by atoms with van der Waals surface area (Å²) in [4.78, 5) is 17.5. The van der Waals surface area contributed by atoms with Gasteiger partial charge in [0, 0.05) is 57.4 Å². The molecule has 0 aliphatic carbocycles. The Hall–Kier alpha value is -2.76. The monoisotopic (exact) mass is 464 g/mol. The number of hydrogen-bond donors (Lipinski definition) is 0. The molecule has 0 spiro atoms. The number of aromatic nitrogens is 1. The van der Waals surface area contributed by atoms with Gasteiger partial charge >= 0.3 is 5.97 Å². The molecule has 164 valence electrons. The first kappa shape index (κ1) is 22.4. The molecule has 0 N–H and O–H groups in total. The van der Waals surface area contributed by atoms with Crippen LogP contribution in [-0.4, -0.2) is 22.0 Å². The van der Waals surface area contributed by atoms with Gasteiger partial charge in [0.15, 0.2) is 0 Å². The highest BCUT2D eigenvalue weighted by Gasteiger charge is 2.11. The van der Waals surface area contributed by atoms with E-state index in [9.17, 15) is 4.79 Å². The van der Waals surface area contributed by atoms with Crippen LogP contribution in [-0.2, 0) is 22.6 Å². The van der Waals surface area contributed by atoms with Gasteiger partial charge in [0.05, 0.1) is 5.71 Å². The largest absolute Gasteiger partial charge is 0.341 e. The van der Waals surface area contributed by atoms with Gasteiger partial charge in [-0.1, -0.05) is 41.0 Å². The maximum absolute atomic E-state index is 11.3. The van der Waals surface area contributed by atoms with Crippen LogP contribution < -0.4 is 0 Å². The Morgan fingerprint density at radius 3 is 2.53 bits per heavy atom. The SMILES string of the molecule is CCn1c2ccccc2c2cc(CC(CCSc3ccc(Cl)cc3)=NOC(C)=O)ccc21. The third kappa shape index (κ3) is 5.17. The minimum absolute atomic E-state index is 0.408. The van der Waals surface area contributed by atoms with Gasteiger partial charge in [-0.3, -0.25) is 0 Å². The number of carbonyl (C=O) groups excluding carboxylic acids is 1. The third-order valence-electron chi connectivity index (χ3n) is 5.34. The van der Waals surface area contributed by atoms with Gasteiger partial charge in [0.25, 0.3) is 0 Å². The lowest BCUT2D eigenvalue weighted by Gasteiger charge is -2.08. The summed E-state index contributed by atoms with van der Waals surface area (Å²) in [6.07, 6.45) is 1.35. The Bertz CT molecular complexity index is 1280. The van der Waals surface area contributed by atoms with Crippen LogP contribution in [0.15, 0.2) is 76.8 Å². The second-order valence-electron chi connectivity index (χ2n) is 7.58. The Morgan fingerprint density at radius 2 is 1.78 bits per heavy atom. The highest BCUT2D eigenvalue weighted by atomic mass is 35.5. The summed E-state index contributed by atoms with van der Waals surface area (Å²) in [6, 6.07) is 22.8. The molecular weight excluding hydrogens is 440 g/mol. The topological polar surface area (TPSA) is 43.6 Å². The van der Waals surface area contributed by atoms with Crippen molar-refractivity contribution in [1.29, 1.82) is 0 Å². The van der Waals surface area contributed by atoms with Crippen molar-refractivity contribution in [2.24, 2.45) is 5.16 Å². The molecule has 0 atom stereocenters. The molecule has 1 aromatic heterocycles. The lowest BCUT2D eigenvalue weighted by atomic mass is 10.0. The van der Waals surface area contributed by atoms with Gasteiger partial charge in [-0.15, -0.1) is 11.8 Å². The number of oxime groups is 1. The summed E-state index contributed by atoms with van der Waals surface area (Å²) in [5, 5.41) is 7.37. The quantitative estimate of drug-likeness (QED) is 0.121. The van der Waals surface area contributed by atoms with E-state index < -0.39 is 5.97 Å². The van der Waals surface area contributed by atoms with Crippen LogP contribution in [0.1, 0.15) is 25.8 Å². The number of benzene rings is 3. The molecule has 4 nitrogen and oxygen atoms in total. The highest BCUT2D eigenvalue weighted by molar-refractivity contribution is 7.99. The average molecular weight is 465 g/mol. The number of fused-ring (bicyclic) bond motifs is 3. The van der Waals surface area contributed by atoms with Crippen molar-refractivity contribution >= 4 is 56.8 Å². The Morgan fingerprint density at radius 1 is 1.03 bits per heavy atom. The molecule has 6 heteroatoms. The zero-order chi connectivity index (χ0) is 22.5. The predicted octanol–water partition coefficient (Wildman–Crippen LogP) is 7.11. The molecule has 0 amide bonds. The Kier molecular flexibility index (Phi) is 7.18. The zero-order valence-electron chi connectivity index (χ0n) is 18.2. The van der Waals surface area contributed by atoms with E-state index in [1.807, 2.05) is 24.3 Å². The van der Waals surface area contributed by atoms with Crippen molar-refractivity contribution in [3.05, 3.63) is 77.3 Å². The van der Waals surface area contributed by atoms with Crippen LogP contribution in [0.4, 0.5) is 0 Å². The van der Waals surface area contributed by atoms with Gasteiger partial charge in [0.2, 0.25) is 0 Å². The number of halogens is 1. The molecule has 32 heavy (non-hydrogen) atoms. The fourth-order valence-corrected chi connectivity index (χ4v) is 4.93. The van der Waals surface area contributed by atoms with Gasteiger partial charge in [-0.05, 0) is 61.4 Å². The molecule has 0 aliphatic rings. The fraction of sp³-hybridized carbons (Fsp3) is 0.231. The fourth-order valence-electron chi connectivity index (χ4n) is 3.90. The first-order valence-corrected chi connectivity index (χ1v) is 12.0. The van der Waals surface area contributed by atoms with E-state index in [1.165, 1.54) is 28.7 Å². The van der Waals surface area contributed by atoms with Crippen molar-refractivity contribution < 1.29 is 9.63 Å². The Labute approximate surface area is 197 Å². The molecule has 0 fully saturated rings. The molecule has 0 bridgehead atoms. The minimum atomic E-state index is -0.408. The van der Waals surface area contributed by atoms with E-state index in [-0.39, 0.29) is 0 Å². The van der Waals surface area contributed by atoms with E-state index in [0.717, 1.165) is 39.9 Å². The minimum Gasteiger partial charge on any atom is -0.341 e. The molecule has 4 rings (SSSR count). The lowest BCUT2D eigenvalue weighted by Crippen LogP contribution is -2.07. The van der Waals surface area contributed by atoms with E-state index in [0.29, 0.717) is 6.42 Å². The van der Waals surface area contributed by atoms with Crippen molar-refractivity contribution in [2.75, 3.05) is 5.75 Å². The van der Waals surface area contributed by atoms with Gasteiger partial charge in [-0.2, -0.15) is 0 Å². The summed E-state index contributed by atoms with van der Waals surface area (Å²) in [7, 11) is 0. The first-order chi connectivity index (χ1) is 15.5. The van der Waals surface area contributed by atoms with Crippen LogP contribution >= 0.6 is 23.4 Å². The molecule has 3 aromatic carbocycles. The van der Waals surface area contributed by atoms with Crippen LogP contribution in [0.2, 0.25) is 5.02 Å². The smallest absolute Gasteiger partial charge is 0.331 e. The number of thioether (sulfide) groups is 1. The first-order valence-electron chi connectivity index (χ1n) is 10.7. The second-order valence-corrected chi connectivity index (χ2v) is 9.19. The number of aryl methyl sites for hydroxylation is 1. The van der Waals surface area contributed by atoms with Crippen LogP contribution in [0, 0.1) is 0 Å². The number of nitrogens with zero attached hydrogens (tertiary/aromatic N) is 2. The molecule has 0 unspecified atom stereocenters. The molecule has 0 saturated carbocycles. The number of carbonyl (C=O) groups is 1. The van der Waals surface area contributed by atoms with Crippen molar-refractivity contribution in [3.8, 4) is 0 Å². The standard InChI is InChI=1S/C26H25ClN2O2S/c1-3-29-25-7-5-4-6-23(25)24-17-19(8-13-26(24)29)16-21(28-31-18(2)30)14-15-32-22-11-9-20(27)10-12-22/h4-13,17H,3,14-16H2,1-2H3. The molecule has 0 saturated heterocycles. The molecule has 4 aromatic rings. The van der Waals surface area contributed by atoms with Crippen LogP contribution in [0.25, 0.3) is 21.8 Å². The van der Waals surface area contributed by atoms with Crippen molar-refractivity contribution in [2.45, 2.75) is 38.1 Å². The van der Waals surface area contributed by atoms with Gasteiger partial charge in [0.1, 0.15) is 0 Å². The summed E-state index contributed by atoms with van der Waals surface area (Å²) in [5.74, 6) is 0.424. The summed E-state index contributed by atoms with van der Waals surface area (Å²) in [5.41, 5.74) is 4.48. The summed E-state index contributed by atoms with van der Waals surface area (Å²) >= 11 is 7.70. The summed E-state index contributed by atoms with van der Waals surface area (Å²) in [6.45, 7) is 4.46. The maximum Gasteiger partial charge on any atom is 0.331 e. The van der Waals surface area contributed by atoms with E-state index in [1.54, 1.807) is 11.8 Å². The third-order valence-corrected chi connectivity index (χ3v) is 6.60. The van der Waals surface area contributed by atoms with E-state index >= 15 is 0 Å². The molecular formula is C26H25ClN2O2S. The number of para-hydroxylation sites is 1. The van der Waals surface area contributed by atoms with Crippen LogP contribution in [0.3, 0.4) is 0 Å². The predicted molar refractivity (Wildman–Crippen MR) is 135 cm³/mol. The molecule has 1 heterocycles. The van der Waals surface area contributed by atoms with Crippen molar-refractivity contribution in [1.82, 2.24) is 4.57 Å². The number of hydrogen-bond acceptors (Lipinski definition) is 4. The van der Waals surface area contributed by atoms with Crippen molar-refractivity contribution in [3.63, 3.8) is 0 Å². The zero-order valence-corrected chi connectivity index (χ0v) is 19.7. The molecule has 0 radical (unpaired) electrons. The normalized spacial score (nSPS) is 11.9. The maximum atomic E-state index is 11.3. The molecule has 0 aliphatic heterocycles. The number of rotatable bonds is 8. The lowest BCUT2D eigenvalue weighted by molar-refractivity contribution is -0.140. The van der Waals surface area contributed by atoms with Gasteiger partial charge < -0.3 is 9.40 Å². The van der Waals surface area contributed by atoms with Gasteiger partial charge in [-0.25, -0.2) is 4.79 Å². The van der Waals surface area contributed by atoms with E-state index in [2.05, 4.69) is 59.1 Å².